The van der Waals surface area contributed by atoms with Gasteiger partial charge in [0.2, 0.25) is 10.0 Å². The van der Waals surface area contributed by atoms with Crippen LogP contribution in [-0.4, -0.2) is 73.9 Å². The van der Waals surface area contributed by atoms with Crippen LogP contribution in [0.1, 0.15) is 48.9 Å². The number of nitrogens with two attached hydrogens (primary N) is 1. The Hall–Kier alpha value is -3.58. The number of nitrogens with one attached hydrogen (secondary N) is 1. The predicted molar refractivity (Wildman–Crippen MR) is 157 cm³/mol. The zero-order valence-electron chi connectivity index (χ0n) is 23.2. The summed E-state index contributed by atoms with van der Waals surface area (Å²) in [4.78, 5) is 26.0. The van der Waals surface area contributed by atoms with Crippen LogP contribution in [0.25, 0.3) is 22.2 Å². The van der Waals surface area contributed by atoms with Gasteiger partial charge in [-0.2, -0.15) is 0 Å². The van der Waals surface area contributed by atoms with E-state index in [-0.39, 0.29) is 37.2 Å². The van der Waals surface area contributed by atoms with Crippen molar-refractivity contribution in [1.82, 2.24) is 9.97 Å². The summed E-state index contributed by atoms with van der Waals surface area (Å²) in [6, 6.07) is 8.23. The number of piperidine rings is 2. The molecule has 1 saturated carbocycles. The highest BCUT2D eigenvalue weighted by Crippen LogP contribution is 2.55. The molecule has 3 aliphatic rings. The quantitative estimate of drug-likeness (QED) is 0.355. The fourth-order valence-electron chi connectivity index (χ4n) is 6.16. The number of hydrogen-bond acceptors (Lipinski definition) is 8. The summed E-state index contributed by atoms with van der Waals surface area (Å²) in [7, 11) is -3.97. The van der Waals surface area contributed by atoms with E-state index in [1.165, 1.54) is 25.0 Å². The number of nitrogens with zero attached hydrogens (tertiary/aromatic N) is 4. The Labute approximate surface area is 243 Å². The molecule has 3 fully saturated rings. The third-order valence-electron chi connectivity index (χ3n) is 8.80. The third-order valence-corrected chi connectivity index (χ3v) is 10.1. The highest BCUT2D eigenvalue weighted by molar-refractivity contribution is 7.92. The van der Waals surface area contributed by atoms with Crippen LogP contribution in [-0.2, 0) is 10.0 Å². The molecule has 2 saturated heterocycles. The maximum absolute atomic E-state index is 14.0. The Morgan fingerprint density at radius 1 is 1.02 bits per heavy atom. The Morgan fingerprint density at radius 3 is 2.36 bits per heavy atom. The number of amides is 1. The van der Waals surface area contributed by atoms with E-state index in [1.807, 2.05) is 0 Å². The number of aliphatic hydroxyl groups excluding tert-OH is 1. The van der Waals surface area contributed by atoms with Gasteiger partial charge in [-0.1, -0.05) is 0 Å². The number of pyridine rings is 2. The lowest BCUT2D eigenvalue weighted by Crippen LogP contribution is -2.39. The van der Waals surface area contributed by atoms with Crippen molar-refractivity contribution in [1.29, 1.82) is 0 Å². The number of sulfonamides is 1. The molecule has 0 unspecified atom stereocenters. The van der Waals surface area contributed by atoms with E-state index < -0.39 is 34.2 Å². The van der Waals surface area contributed by atoms with Crippen LogP contribution >= 0.6 is 0 Å². The van der Waals surface area contributed by atoms with Gasteiger partial charge >= 0.3 is 0 Å². The topological polar surface area (TPSA) is 142 Å². The first kappa shape index (κ1) is 28.5. The molecule has 0 atom stereocenters. The summed E-state index contributed by atoms with van der Waals surface area (Å²) in [6.45, 7) is 0.941. The Balaban J connectivity index is 1.58. The number of benzene rings is 1. The number of halogens is 2. The summed E-state index contributed by atoms with van der Waals surface area (Å²) in [5, 5.41) is 9.39. The molecule has 10 nitrogen and oxygen atoms in total. The number of fused-ring (bicyclic) bond motifs is 1. The van der Waals surface area contributed by atoms with Crippen molar-refractivity contribution >= 4 is 44.2 Å². The Morgan fingerprint density at radius 2 is 1.71 bits per heavy atom. The fourth-order valence-corrected chi connectivity index (χ4v) is 7.01. The summed E-state index contributed by atoms with van der Waals surface area (Å²) in [6.07, 6.45) is 5.21. The number of hydrogen-bond donors (Lipinski definition) is 3. The molecule has 6 rings (SSSR count). The lowest BCUT2D eigenvalue weighted by molar-refractivity contribution is -0.0221. The van der Waals surface area contributed by atoms with E-state index in [1.54, 1.807) is 29.3 Å². The van der Waals surface area contributed by atoms with Gasteiger partial charge in [-0.15, -0.1) is 0 Å². The average Bonchev–Trinajstić information content (AvgIpc) is 3.71. The number of aliphatic hydroxyl groups is 1. The molecule has 1 spiro atoms. The van der Waals surface area contributed by atoms with Crippen molar-refractivity contribution in [3.8, 4) is 11.1 Å². The van der Waals surface area contributed by atoms with E-state index in [4.69, 9.17) is 10.7 Å². The lowest BCUT2D eigenvalue weighted by atomic mass is 9.90. The molecule has 1 aromatic carbocycles. The van der Waals surface area contributed by atoms with Crippen molar-refractivity contribution in [2.24, 2.45) is 11.1 Å². The smallest absolute Gasteiger partial charge is 0.251 e. The average molecular weight is 601 g/mol. The summed E-state index contributed by atoms with van der Waals surface area (Å²) < 4.78 is 56.5. The second-order valence-electron chi connectivity index (χ2n) is 11.6. The molecule has 2 aromatic heterocycles. The van der Waals surface area contributed by atoms with Gasteiger partial charge in [-0.3, -0.25) is 14.5 Å². The van der Waals surface area contributed by atoms with Gasteiger partial charge in [-0.25, -0.2) is 22.2 Å². The van der Waals surface area contributed by atoms with Gasteiger partial charge in [0.25, 0.3) is 11.8 Å². The van der Waals surface area contributed by atoms with Gasteiger partial charge in [-0.05, 0) is 61.4 Å². The van der Waals surface area contributed by atoms with Gasteiger partial charge in [0, 0.05) is 56.3 Å². The fraction of sp³-hybridized carbons (Fsp3) is 0.483. The molecular weight excluding hydrogens is 566 g/mol. The number of aromatic nitrogens is 2. The van der Waals surface area contributed by atoms with Crippen molar-refractivity contribution in [2.75, 3.05) is 53.1 Å². The molecule has 4 heterocycles. The molecule has 224 valence electrons. The predicted octanol–water partition coefficient (Wildman–Crippen LogP) is 3.75. The highest BCUT2D eigenvalue weighted by Gasteiger charge is 2.45. The van der Waals surface area contributed by atoms with Crippen LogP contribution < -0.4 is 20.3 Å². The molecule has 13 heteroatoms. The van der Waals surface area contributed by atoms with Crippen molar-refractivity contribution in [3.05, 3.63) is 42.1 Å². The zero-order valence-corrected chi connectivity index (χ0v) is 24.0. The van der Waals surface area contributed by atoms with Gasteiger partial charge in [0.1, 0.15) is 5.82 Å². The number of alkyl halides is 2. The first-order valence-electron chi connectivity index (χ1n) is 14.2. The van der Waals surface area contributed by atoms with Crippen LogP contribution in [0.4, 0.5) is 26.0 Å². The maximum Gasteiger partial charge on any atom is 0.251 e. The molecule has 3 aromatic rings. The molecule has 1 aliphatic carbocycles. The second kappa shape index (κ2) is 10.6. The lowest BCUT2D eigenvalue weighted by Gasteiger charge is -2.37. The molecule has 2 aliphatic heterocycles. The van der Waals surface area contributed by atoms with Gasteiger partial charge in [0.05, 0.1) is 40.3 Å². The first-order valence-corrected chi connectivity index (χ1v) is 15.9. The van der Waals surface area contributed by atoms with E-state index in [9.17, 15) is 27.1 Å². The van der Waals surface area contributed by atoms with Crippen molar-refractivity contribution in [2.45, 2.75) is 44.4 Å². The van der Waals surface area contributed by atoms with Crippen LogP contribution in [0.5, 0.6) is 0 Å². The molecule has 42 heavy (non-hydrogen) atoms. The number of anilines is 3. The SMILES string of the molecule is NC(=O)c1ccc(NS(=O)(=O)CCO)c(-c2cc(N3CCC(F)(F)CC3)nc3cccnc23)c1N1CCC2(CC1)CC2. The molecule has 1 amide bonds. The van der Waals surface area contributed by atoms with Crippen LogP contribution in [0.2, 0.25) is 0 Å². The van der Waals surface area contributed by atoms with Crippen LogP contribution in [0, 0.1) is 5.41 Å². The minimum absolute atomic E-state index is 0.101. The van der Waals surface area contributed by atoms with Gasteiger partial charge in [0.15, 0.2) is 0 Å². The normalized spacial score (nSPS) is 19.7. The molecule has 4 N–H and O–H groups in total. The third kappa shape index (κ3) is 5.59. The monoisotopic (exact) mass is 600 g/mol. The minimum Gasteiger partial charge on any atom is -0.395 e. The van der Waals surface area contributed by atoms with Crippen molar-refractivity contribution in [3.63, 3.8) is 0 Å². The van der Waals surface area contributed by atoms with E-state index in [2.05, 4.69) is 14.6 Å². The Bertz CT molecular complexity index is 1630. The number of carbonyl (C=O) groups is 1. The number of carbonyl (C=O) groups excluding carboxylic acids is 1. The Kier molecular flexibility index (Phi) is 7.20. The second-order valence-corrected chi connectivity index (χ2v) is 13.5. The highest BCUT2D eigenvalue weighted by atomic mass is 32.2. The number of primary amides is 1. The van der Waals surface area contributed by atoms with E-state index >= 15 is 0 Å². The molecule has 0 radical (unpaired) electrons. The first-order chi connectivity index (χ1) is 20.0. The molecule has 0 bridgehead atoms. The van der Waals surface area contributed by atoms with Gasteiger partial charge < -0.3 is 20.6 Å². The van der Waals surface area contributed by atoms with Crippen LogP contribution in [0.3, 0.4) is 0 Å². The van der Waals surface area contributed by atoms with Crippen molar-refractivity contribution < 1.29 is 27.1 Å². The number of rotatable bonds is 8. The standard InChI is InChI=1S/C29H34F2N6O4S/c30-29(31)9-14-36(15-10-29)23-18-20(25-22(34-23)2-1-11-33-25)24-21(35-42(40,41)17-16-38)4-3-19(27(32)39)26(24)37-12-7-28(5-6-28)8-13-37/h1-4,11,18,35,38H,5-10,12-17H2,(H2,32,39). The summed E-state index contributed by atoms with van der Waals surface area (Å²) in [5.41, 5.74) is 9.04. The summed E-state index contributed by atoms with van der Waals surface area (Å²) >= 11 is 0. The van der Waals surface area contributed by atoms with E-state index in [0.717, 1.165) is 12.8 Å². The molecular formula is C29H34F2N6O4S. The van der Waals surface area contributed by atoms with E-state index in [0.29, 0.717) is 52.2 Å². The largest absolute Gasteiger partial charge is 0.395 e. The van der Waals surface area contributed by atoms with Crippen LogP contribution in [0.15, 0.2) is 36.5 Å². The maximum atomic E-state index is 14.0. The zero-order chi connectivity index (χ0) is 29.7. The summed E-state index contributed by atoms with van der Waals surface area (Å²) in [5.74, 6) is -3.47. The minimum atomic E-state index is -3.97.